The maximum atomic E-state index is 13.6. The van der Waals surface area contributed by atoms with Gasteiger partial charge in [-0.25, -0.2) is 4.39 Å². The van der Waals surface area contributed by atoms with Crippen molar-refractivity contribution in [3.05, 3.63) is 58.0 Å². The van der Waals surface area contributed by atoms with Gasteiger partial charge in [-0.15, -0.1) is 11.3 Å². The molecule has 2 N–H and O–H groups in total. The van der Waals surface area contributed by atoms with Gasteiger partial charge >= 0.3 is 0 Å². The Morgan fingerprint density at radius 2 is 2.20 bits per heavy atom. The second-order valence-electron chi connectivity index (χ2n) is 5.98. The topological polar surface area (TPSA) is 61.4 Å². The first-order chi connectivity index (χ1) is 12.1. The summed E-state index contributed by atoms with van der Waals surface area (Å²) in [6, 6.07) is 8.91. The van der Waals surface area contributed by atoms with E-state index >= 15 is 0 Å². The summed E-state index contributed by atoms with van der Waals surface area (Å²) in [5, 5.41) is 7.80. The van der Waals surface area contributed by atoms with Crippen molar-refractivity contribution >= 4 is 23.2 Å². The quantitative estimate of drug-likeness (QED) is 0.877. The van der Waals surface area contributed by atoms with Crippen LogP contribution in [0.15, 0.2) is 41.8 Å². The number of hydrogen-bond acceptors (Lipinski definition) is 4. The van der Waals surface area contributed by atoms with Crippen molar-refractivity contribution in [1.82, 2.24) is 15.5 Å². The molecule has 0 aliphatic carbocycles. The van der Waals surface area contributed by atoms with Gasteiger partial charge in [0.25, 0.3) is 5.91 Å². The van der Waals surface area contributed by atoms with Crippen LogP contribution in [-0.2, 0) is 4.79 Å². The van der Waals surface area contributed by atoms with Gasteiger partial charge in [-0.1, -0.05) is 18.2 Å². The standard InChI is InChI=1S/C18H20FN3O2S/c1-12(21-17(23)16-6-3-9-25-16)18(24)22-8-7-20-11-15(22)13-4-2-5-14(19)10-13/h2-6,9-10,12,15,20H,7-8,11H2,1H3,(H,21,23). The average Bonchev–Trinajstić information content (AvgIpc) is 3.16. The minimum atomic E-state index is -0.649. The molecule has 1 aliphatic heterocycles. The lowest BCUT2D eigenvalue weighted by Crippen LogP contribution is -2.54. The van der Waals surface area contributed by atoms with E-state index in [1.165, 1.54) is 23.5 Å². The van der Waals surface area contributed by atoms with Crippen LogP contribution in [0.3, 0.4) is 0 Å². The third kappa shape index (κ3) is 4.05. The molecule has 0 spiro atoms. The number of carbonyl (C=O) groups is 2. The van der Waals surface area contributed by atoms with E-state index in [4.69, 9.17) is 0 Å². The Bertz CT molecular complexity index is 751. The van der Waals surface area contributed by atoms with Crippen LogP contribution in [0, 0.1) is 5.82 Å². The Morgan fingerprint density at radius 3 is 2.92 bits per heavy atom. The molecule has 0 saturated carbocycles. The minimum absolute atomic E-state index is 0.166. The summed E-state index contributed by atoms with van der Waals surface area (Å²) in [5.74, 6) is -0.747. The predicted octanol–water partition coefficient (Wildman–Crippen LogP) is 2.18. The fourth-order valence-electron chi connectivity index (χ4n) is 2.97. The number of hydrogen-bond donors (Lipinski definition) is 2. The molecule has 2 aromatic rings. The highest BCUT2D eigenvalue weighted by Crippen LogP contribution is 2.23. The number of piperazine rings is 1. The van der Waals surface area contributed by atoms with Crippen LogP contribution in [0.4, 0.5) is 4.39 Å². The van der Waals surface area contributed by atoms with Gasteiger partial charge in [-0.05, 0) is 36.1 Å². The van der Waals surface area contributed by atoms with E-state index in [0.29, 0.717) is 24.5 Å². The number of halogens is 1. The third-order valence-corrected chi connectivity index (χ3v) is 5.09. The fraction of sp³-hybridized carbons (Fsp3) is 0.333. The average molecular weight is 361 g/mol. The number of nitrogens with one attached hydrogen (secondary N) is 2. The van der Waals surface area contributed by atoms with Gasteiger partial charge in [0.05, 0.1) is 10.9 Å². The van der Waals surface area contributed by atoms with E-state index in [1.54, 1.807) is 30.0 Å². The highest BCUT2D eigenvalue weighted by molar-refractivity contribution is 7.12. The number of rotatable bonds is 4. The lowest BCUT2D eigenvalue weighted by atomic mass is 10.0. The van der Waals surface area contributed by atoms with Gasteiger partial charge < -0.3 is 15.5 Å². The van der Waals surface area contributed by atoms with Gasteiger partial charge in [0.1, 0.15) is 11.9 Å². The van der Waals surface area contributed by atoms with E-state index in [9.17, 15) is 14.0 Å². The molecule has 3 rings (SSSR count). The Balaban J connectivity index is 1.73. The first kappa shape index (κ1) is 17.6. The largest absolute Gasteiger partial charge is 0.340 e. The highest BCUT2D eigenvalue weighted by atomic mass is 32.1. The molecule has 1 fully saturated rings. The van der Waals surface area contributed by atoms with Gasteiger partial charge in [0.2, 0.25) is 5.91 Å². The molecule has 2 heterocycles. The first-order valence-electron chi connectivity index (χ1n) is 8.17. The summed E-state index contributed by atoms with van der Waals surface area (Å²) in [6.45, 7) is 3.42. The number of carbonyl (C=O) groups excluding carboxylic acids is 2. The van der Waals surface area contributed by atoms with Crippen LogP contribution in [0.2, 0.25) is 0 Å². The SMILES string of the molecule is CC(NC(=O)c1cccs1)C(=O)N1CCNCC1c1cccc(F)c1. The number of benzene rings is 1. The Hall–Kier alpha value is -2.25. The summed E-state index contributed by atoms with van der Waals surface area (Å²) in [6.07, 6.45) is 0. The van der Waals surface area contributed by atoms with Crippen molar-refractivity contribution in [2.45, 2.75) is 19.0 Å². The van der Waals surface area contributed by atoms with Gasteiger partial charge in [-0.2, -0.15) is 0 Å². The molecular weight excluding hydrogens is 341 g/mol. The van der Waals surface area contributed by atoms with E-state index in [1.807, 2.05) is 11.4 Å². The molecule has 5 nitrogen and oxygen atoms in total. The van der Waals surface area contributed by atoms with Crippen molar-refractivity contribution in [2.24, 2.45) is 0 Å². The van der Waals surface area contributed by atoms with Crippen LogP contribution >= 0.6 is 11.3 Å². The van der Waals surface area contributed by atoms with Crippen molar-refractivity contribution in [1.29, 1.82) is 0 Å². The summed E-state index contributed by atoms with van der Waals surface area (Å²) in [5.41, 5.74) is 0.748. The van der Waals surface area contributed by atoms with Crippen molar-refractivity contribution in [2.75, 3.05) is 19.6 Å². The van der Waals surface area contributed by atoms with Crippen LogP contribution in [-0.4, -0.2) is 42.4 Å². The first-order valence-corrected chi connectivity index (χ1v) is 9.05. The minimum Gasteiger partial charge on any atom is -0.340 e. The molecule has 1 aromatic carbocycles. The molecule has 132 valence electrons. The molecule has 1 aromatic heterocycles. The van der Waals surface area contributed by atoms with Gasteiger partial charge in [-0.3, -0.25) is 9.59 Å². The second-order valence-corrected chi connectivity index (χ2v) is 6.93. The molecule has 7 heteroatoms. The van der Waals surface area contributed by atoms with E-state index in [-0.39, 0.29) is 23.7 Å². The smallest absolute Gasteiger partial charge is 0.261 e. The van der Waals surface area contributed by atoms with Crippen molar-refractivity contribution in [3.63, 3.8) is 0 Å². The Labute approximate surface area is 149 Å². The molecule has 25 heavy (non-hydrogen) atoms. The Morgan fingerprint density at radius 1 is 1.36 bits per heavy atom. The van der Waals surface area contributed by atoms with E-state index < -0.39 is 6.04 Å². The predicted molar refractivity (Wildman–Crippen MR) is 95.0 cm³/mol. The number of amides is 2. The summed E-state index contributed by atoms with van der Waals surface area (Å²) in [4.78, 5) is 27.3. The van der Waals surface area contributed by atoms with Crippen LogP contribution in [0.5, 0.6) is 0 Å². The summed E-state index contributed by atoms with van der Waals surface area (Å²) < 4.78 is 13.6. The molecular formula is C18H20FN3O2S. The summed E-state index contributed by atoms with van der Waals surface area (Å²) in [7, 11) is 0. The fourth-order valence-corrected chi connectivity index (χ4v) is 3.59. The molecule has 2 amide bonds. The second kappa shape index (κ2) is 7.76. The maximum absolute atomic E-state index is 13.6. The van der Waals surface area contributed by atoms with Crippen molar-refractivity contribution in [3.8, 4) is 0 Å². The van der Waals surface area contributed by atoms with Crippen LogP contribution in [0.1, 0.15) is 28.2 Å². The molecule has 2 atom stereocenters. The monoisotopic (exact) mass is 361 g/mol. The number of nitrogens with zero attached hydrogens (tertiary/aromatic N) is 1. The lowest BCUT2D eigenvalue weighted by molar-refractivity contribution is -0.136. The third-order valence-electron chi connectivity index (χ3n) is 4.22. The van der Waals surface area contributed by atoms with Gasteiger partial charge in [0, 0.05) is 19.6 Å². The molecule has 2 unspecified atom stereocenters. The maximum Gasteiger partial charge on any atom is 0.261 e. The van der Waals surface area contributed by atoms with Crippen LogP contribution < -0.4 is 10.6 Å². The van der Waals surface area contributed by atoms with Crippen LogP contribution in [0.25, 0.3) is 0 Å². The summed E-state index contributed by atoms with van der Waals surface area (Å²) >= 11 is 1.33. The zero-order valence-corrected chi connectivity index (χ0v) is 14.7. The Kier molecular flexibility index (Phi) is 5.45. The highest BCUT2D eigenvalue weighted by Gasteiger charge is 2.31. The zero-order valence-electron chi connectivity index (χ0n) is 13.9. The van der Waals surface area contributed by atoms with Gasteiger partial charge in [0.15, 0.2) is 0 Å². The van der Waals surface area contributed by atoms with Crippen molar-refractivity contribution < 1.29 is 14.0 Å². The number of thiophene rings is 1. The zero-order chi connectivity index (χ0) is 17.8. The van der Waals surface area contributed by atoms with E-state index in [0.717, 1.165) is 5.56 Å². The molecule has 1 aliphatic rings. The molecule has 0 radical (unpaired) electrons. The molecule has 1 saturated heterocycles. The molecule has 0 bridgehead atoms. The lowest BCUT2D eigenvalue weighted by Gasteiger charge is -2.38. The normalized spacial score (nSPS) is 18.6. The van der Waals surface area contributed by atoms with E-state index in [2.05, 4.69) is 10.6 Å².